The van der Waals surface area contributed by atoms with E-state index in [-0.39, 0.29) is 11.9 Å². The van der Waals surface area contributed by atoms with Crippen molar-refractivity contribution in [3.05, 3.63) is 82.7 Å². The van der Waals surface area contributed by atoms with Crippen LogP contribution in [0.25, 0.3) is 5.69 Å². The van der Waals surface area contributed by atoms with E-state index in [1.54, 1.807) is 6.07 Å². The van der Waals surface area contributed by atoms with Gasteiger partial charge in [-0.05, 0) is 55.9 Å². The zero-order valence-corrected chi connectivity index (χ0v) is 18.8. The van der Waals surface area contributed by atoms with E-state index in [4.69, 9.17) is 0 Å². The Balaban J connectivity index is 1.20. The van der Waals surface area contributed by atoms with Crippen molar-refractivity contribution in [3.8, 4) is 5.69 Å². The number of carbonyl (C=O) groups is 1. The van der Waals surface area contributed by atoms with E-state index < -0.39 is 11.7 Å². The summed E-state index contributed by atoms with van der Waals surface area (Å²) in [5.41, 5.74) is 3.68. The second kappa shape index (κ2) is 9.25. The Morgan fingerprint density at radius 3 is 2.53 bits per heavy atom. The summed E-state index contributed by atoms with van der Waals surface area (Å²) in [6.07, 6.45) is -0.0213. The molecule has 2 aromatic carbocycles. The van der Waals surface area contributed by atoms with Crippen LogP contribution in [0.3, 0.4) is 0 Å². The van der Waals surface area contributed by atoms with Crippen LogP contribution in [0.2, 0.25) is 0 Å². The van der Waals surface area contributed by atoms with Gasteiger partial charge in [0.2, 0.25) is 0 Å². The molecule has 5 nitrogen and oxygen atoms in total. The molecule has 178 valence electrons. The van der Waals surface area contributed by atoms with Crippen molar-refractivity contribution in [3.63, 3.8) is 0 Å². The number of para-hydroxylation sites is 1. The smallest absolute Gasteiger partial charge is 0.348 e. The molecule has 3 aromatic rings. The molecule has 0 unspecified atom stereocenters. The number of fused-ring (bicyclic) bond motifs is 1. The van der Waals surface area contributed by atoms with Crippen molar-refractivity contribution in [2.45, 2.75) is 50.9 Å². The second-order valence-corrected chi connectivity index (χ2v) is 9.10. The van der Waals surface area contributed by atoms with Gasteiger partial charge in [0.25, 0.3) is 5.91 Å². The third-order valence-corrected chi connectivity index (χ3v) is 6.73. The molecule has 2 aliphatic rings. The van der Waals surface area contributed by atoms with E-state index in [0.29, 0.717) is 17.8 Å². The number of hydrogen-bond donors (Lipinski definition) is 1. The number of nitrogens with one attached hydrogen (secondary N) is 1. The van der Waals surface area contributed by atoms with Gasteiger partial charge in [0, 0.05) is 36.9 Å². The highest BCUT2D eigenvalue weighted by atomic mass is 19.4. The average Bonchev–Trinajstić information content (AvgIpc) is 3.44. The maximum Gasteiger partial charge on any atom is 0.416 e. The number of alkyl halides is 3. The Morgan fingerprint density at radius 2 is 1.79 bits per heavy atom. The molecule has 34 heavy (non-hydrogen) atoms. The predicted molar refractivity (Wildman–Crippen MR) is 123 cm³/mol. The van der Waals surface area contributed by atoms with Crippen LogP contribution in [0.1, 0.15) is 52.1 Å². The highest BCUT2D eigenvalue weighted by molar-refractivity contribution is 5.94. The standard InChI is InChI=1S/C26H27F3N4O/c27-26(28,29)19-7-4-6-18(16-19)17-32-14-12-20(13-15-32)30-25(34)24-22-10-5-11-23(22)33(31-24)21-8-2-1-3-9-21/h1-4,6-9,16,20H,5,10-15,17H2,(H,30,34). The fourth-order valence-corrected chi connectivity index (χ4v) is 5.00. The molecular weight excluding hydrogens is 441 g/mol. The molecule has 1 saturated heterocycles. The van der Waals surface area contributed by atoms with Gasteiger partial charge in [-0.15, -0.1) is 0 Å². The van der Waals surface area contributed by atoms with Gasteiger partial charge in [-0.1, -0.05) is 36.4 Å². The summed E-state index contributed by atoms with van der Waals surface area (Å²) in [6, 6.07) is 15.4. The molecule has 1 aromatic heterocycles. The molecule has 0 spiro atoms. The van der Waals surface area contributed by atoms with Crippen molar-refractivity contribution in [1.29, 1.82) is 0 Å². The number of aromatic nitrogens is 2. The van der Waals surface area contributed by atoms with Crippen molar-refractivity contribution < 1.29 is 18.0 Å². The molecule has 0 bridgehead atoms. The number of nitrogens with zero attached hydrogens (tertiary/aromatic N) is 3. The number of benzene rings is 2. The summed E-state index contributed by atoms with van der Waals surface area (Å²) in [5.74, 6) is -0.135. The second-order valence-electron chi connectivity index (χ2n) is 9.10. The maximum absolute atomic E-state index is 13.1. The summed E-state index contributed by atoms with van der Waals surface area (Å²) in [7, 11) is 0. The molecule has 5 rings (SSSR count). The summed E-state index contributed by atoms with van der Waals surface area (Å²) >= 11 is 0. The SMILES string of the molecule is O=C(NC1CCN(Cc2cccc(C(F)(F)F)c2)CC1)c1nn(-c2ccccc2)c2c1CCC2. The van der Waals surface area contributed by atoms with Gasteiger partial charge in [0.1, 0.15) is 0 Å². The minimum Gasteiger partial charge on any atom is -0.348 e. The third kappa shape index (κ3) is 4.73. The fraction of sp³-hybridized carbons (Fsp3) is 0.385. The van der Waals surface area contributed by atoms with E-state index in [9.17, 15) is 18.0 Å². The molecule has 1 aliphatic heterocycles. The van der Waals surface area contributed by atoms with E-state index in [1.807, 2.05) is 35.0 Å². The van der Waals surface area contributed by atoms with Gasteiger partial charge in [-0.25, -0.2) is 4.68 Å². The van der Waals surface area contributed by atoms with Crippen molar-refractivity contribution in [1.82, 2.24) is 20.0 Å². The Hall–Kier alpha value is -3.13. The predicted octanol–water partition coefficient (Wildman–Crippen LogP) is 4.77. The first-order valence-corrected chi connectivity index (χ1v) is 11.7. The molecule has 2 heterocycles. The summed E-state index contributed by atoms with van der Waals surface area (Å²) in [4.78, 5) is 15.3. The van der Waals surface area contributed by atoms with E-state index in [2.05, 4.69) is 15.3 Å². The zero-order valence-electron chi connectivity index (χ0n) is 18.8. The number of amides is 1. The van der Waals surface area contributed by atoms with E-state index in [1.165, 1.54) is 12.1 Å². The zero-order chi connectivity index (χ0) is 23.7. The minimum absolute atomic E-state index is 0.0317. The summed E-state index contributed by atoms with van der Waals surface area (Å²) in [5, 5.41) is 7.82. The fourth-order valence-electron chi connectivity index (χ4n) is 5.00. The van der Waals surface area contributed by atoms with Crippen LogP contribution < -0.4 is 5.32 Å². The molecule has 8 heteroatoms. The van der Waals surface area contributed by atoms with Crippen molar-refractivity contribution >= 4 is 5.91 Å². The molecule has 1 aliphatic carbocycles. The van der Waals surface area contributed by atoms with Gasteiger partial charge in [0.15, 0.2) is 5.69 Å². The Bertz CT molecular complexity index is 1160. The lowest BCUT2D eigenvalue weighted by molar-refractivity contribution is -0.137. The number of rotatable bonds is 5. The minimum atomic E-state index is -4.33. The monoisotopic (exact) mass is 468 g/mol. The van der Waals surface area contributed by atoms with Crippen LogP contribution in [0.5, 0.6) is 0 Å². The lowest BCUT2D eigenvalue weighted by Crippen LogP contribution is -2.44. The van der Waals surface area contributed by atoms with Crippen LogP contribution in [0, 0.1) is 0 Å². The number of carbonyl (C=O) groups excluding carboxylic acids is 1. The maximum atomic E-state index is 13.1. The van der Waals surface area contributed by atoms with Crippen LogP contribution in [-0.2, 0) is 25.6 Å². The van der Waals surface area contributed by atoms with Gasteiger partial charge in [-0.3, -0.25) is 9.69 Å². The van der Waals surface area contributed by atoms with E-state index in [0.717, 1.165) is 68.2 Å². The largest absolute Gasteiger partial charge is 0.416 e. The highest BCUT2D eigenvalue weighted by Gasteiger charge is 2.31. The first-order valence-electron chi connectivity index (χ1n) is 11.7. The number of likely N-dealkylation sites (tertiary alicyclic amines) is 1. The van der Waals surface area contributed by atoms with Crippen LogP contribution in [0.15, 0.2) is 54.6 Å². The molecule has 1 fully saturated rings. The normalized spacial score (nSPS) is 17.0. The molecule has 1 N–H and O–H groups in total. The molecular formula is C26H27F3N4O. The molecule has 0 saturated carbocycles. The number of halogens is 3. The summed E-state index contributed by atoms with van der Waals surface area (Å²) < 4.78 is 40.8. The van der Waals surface area contributed by atoms with Gasteiger partial charge >= 0.3 is 6.18 Å². The lowest BCUT2D eigenvalue weighted by atomic mass is 10.0. The van der Waals surface area contributed by atoms with Crippen molar-refractivity contribution in [2.24, 2.45) is 0 Å². The molecule has 0 radical (unpaired) electrons. The topological polar surface area (TPSA) is 50.2 Å². The van der Waals surface area contributed by atoms with Crippen molar-refractivity contribution in [2.75, 3.05) is 13.1 Å². The molecule has 1 amide bonds. The number of piperidine rings is 1. The van der Waals surface area contributed by atoms with E-state index >= 15 is 0 Å². The van der Waals surface area contributed by atoms with Crippen LogP contribution in [-0.4, -0.2) is 39.7 Å². The first kappa shape index (κ1) is 22.7. The quantitative estimate of drug-likeness (QED) is 0.587. The first-order chi connectivity index (χ1) is 16.4. The Labute approximate surface area is 196 Å². The number of hydrogen-bond acceptors (Lipinski definition) is 3. The third-order valence-electron chi connectivity index (χ3n) is 6.73. The highest BCUT2D eigenvalue weighted by Crippen LogP contribution is 2.30. The van der Waals surface area contributed by atoms with Gasteiger partial charge in [-0.2, -0.15) is 18.3 Å². The average molecular weight is 469 g/mol. The van der Waals surface area contributed by atoms with Gasteiger partial charge < -0.3 is 5.32 Å². The van der Waals surface area contributed by atoms with Gasteiger partial charge in [0.05, 0.1) is 11.3 Å². The Kier molecular flexibility index (Phi) is 6.16. The summed E-state index contributed by atoms with van der Waals surface area (Å²) in [6.45, 7) is 1.91. The molecule has 0 atom stereocenters. The lowest BCUT2D eigenvalue weighted by Gasteiger charge is -2.32. The van der Waals surface area contributed by atoms with Crippen LogP contribution >= 0.6 is 0 Å². The van der Waals surface area contributed by atoms with Crippen LogP contribution in [0.4, 0.5) is 13.2 Å². The Morgan fingerprint density at radius 1 is 1.03 bits per heavy atom.